The van der Waals surface area contributed by atoms with Crippen molar-refractivity contribution in [2.45, 2.75) is 13.1 Å². The highest BCUT2D eigenvalue weighted by molar-refractivity contribution is 7.26. The molecule has 1 aliphatic rings. The lowest BCUT2D eigenvalue weighted by Crippen LogP contribution is -2.49. The van der Waals surface area contributed by atoms with E-state index in [-0.39, 0.29) is 0 Å². The lowest BCUT2D eigenvalue weighted by molar-refractivity contribution is 1.29. The average molecular weight is 686 g/mol. The molecule has 1 aliphatic heterocycles. The largest absolute Gasteiger partial charge is 0.310 e. The Morgan fingerprint density at radius 2 is 1.14 bits per heavy atom. The molecule has 0 saturated heterocycles. The molecule has 9 aromatic rings. The third-order valence-electron chi connectivity index (χ3n) is 10.9. The molecule has 8 aromatic carbocycles. The van der Waals surface area contributed by atoms with Crippen LogP contribution in [-0.4, -0.2) is 8.07 Å². The van der Waals surface area contributed by atoms with Gasteiger partial charge in [0, 0.05) is 37.1 Å². The van der Waals surface area contributed by atoms with Gasteiger partial charge in [0.05, 0.1) is 5.69 Å². The smallest absolute Gasteiger partial charge is 0.114 e. The van der Waals surface area contributed by atoms with Crippen LogP contribution in [-0.2, 0) is 0 Å². The summed E-state index contributed by atoms with van der Waals surface area (Å²) in [4.78, 5) is 2.47. The maximum atomic E-state index is 2.53. The van der Waals surface area contributed by atoms with Crippen molar-refractivity contribution in [2.24, 2.45) is 0 Å². The van der Waals surface area contributed by atoms with Crippen molar-refractivity contribution >= 4 is 77.8 Å². The molecule has 0 unspecified atom stereocenters. The van der Waals surface area contributed by atoms with Crippen molar-refractivity contribution in [3.8, 4) is 33.4 Å². The van der Waals surface area contributed by atoms with Gasteiger partial charge in [0.2, 0.25) is 0 Å². The van der Waals surface area contributed by atoms with Gasteiger partial charge in [-0.15, -0.1) is 11.3 Å². The molecular formula is C48H35NSSi. The summed E-state index contributed by atoms with van der Waals surface area (Å²) < 4.78 is 2.79. The standard InChI is InChI=1S/C48H35NSSi/c1-51(2)45-29-28-41-40-17-9-11-19-44(40)50-48(41)47(45)42-27-26-38(31-46(42)51)49(37-24-22-34(23-25-37)32-12-4-3-5-13-32)43-18-10-8-16-39(43)36-21-20-33-14-6-7-15-35(33)30-36/h3-31H,1-2H3. The third kappa shape index (κ3) is 4.80. The number of thiophene rings is 1. The highest BCUT2D eigenvalue weighted by atomic mass is 32.1. The number of fused-ring (bicyclic) bond motifs is 8. The minimum atomic E-state index is -2.01. The van der Waals surface area contributed by atoms with Crippen LogP contribution in [0.3, 0.4) is 0 Å². The Morgan fingerprint density at radius 1 is 0.451 bits per heavy atom. The van der Waals surface area contributed by atoms with Crippen molar-refractivity contribution in [3.05, 3.63) is 176 Å². The molecule has 10 rings (SSSR count). The molecule has 0 spiro atoms. The van der Waals surface area contributed by atoms with Crippen LogP contribution >= 0.6 is 11.3 Å². The molecule has 3 heteroatoms. The summed E-state index contributed by atoms with van der Waals surface area (Å²) >= 11 is 1.95. The summed E-state index contributed by atoms with van der Waals surface area (Å²) in [6.45, 7) is 5.06. The van der Waals surface area contributed by atoms with Gasteiger partial charge in [0.25, 0.3) is 0 Å². The SMILES string of the molecule is C[Si]1(C)c2cc(N(c3ccc(-c4ccccc4)cc3)c3ccccc3-c3ccc4ccccc4c3)ccc2-c2c1ccc1c2sc2ccccc21. The van der Waals surface area contributed by atoms with E-state index in [2.05, 4.69) is 194 Å². The molecule has 0 saturated carbocycles. The maximum Gasteiger partial charge on any atom is 0.114 e. The van der Waals surface area contributed by atoms with E-state index < -0.39 is 8.07 Å². The van der Waals surface area contributed by atoms with E-state index in [1.807, 2.05) is 11.3 Å². The zero-order valence-electron chi connectivity index (χ0n) is 28.6. The molecule has 0 bridgehead atoms. The van der Waals surface area contributed by atoms with Gasteiger partial charge in [-0.05, 0) is 91.4 Å². The first-order chi connectivity index (χ1) is 25.0. The summed E-state index contributed by atoms with van der Waals surface area (Å²) in [6, 6.07) is 65.1. The van der Waals surface area contributed by atoms with Crippen LogP contribution in [0.4, 0.5) is 17.1 Å². The second-order valence-corrected chi connectivity index (χ2v) is 19.5. The van der Waals surface area contributed by atoms with Crippen LogP contribution in [0, 0.1) is 0 Å². The normalized spacial score (nSPS) is 13.1. The summed E-state index contributed by atoms with van der Waals surface area (Å²) in [7, 11) is -2.01. The molecule has 0 atom stereocenters. The zero-order chi connectivity index (χ0) is 34.1. The highest BCUT2D eigenvalue weighted by Gasteiger charge is 2.39. The number of hydrogen-bond acceptors (Lipinski definition) is 2. The van der Waals surface area contributed by atoms with Gasteiger partial charge >= 0.3 is 0 Å². The molecular weight excluding hydrogens is 651 g/mol. The van der Waals surface area contributed by atoms with E-state index in [4.69, 9.17) is 0 Å². The number of rotatable bonds is 5. The summed E-state index contributed by atoms with van der Waals surface area (Å²) in [5.74, 6) is 0. The number of hydrogen-bond donors (Lipinski definition) is 0. The first-order valence-corrected chi connectivity index (χ1v) is 21.5. The topological polar surface area (TPSA) is 3.24 Å². The zero-order valence-corrected chi connectivity index (χ0v) is 30.4. The van der Waals surface area contributed by atoms with Crippen LogP contribution in [0.25, 0.3) is 64.3 Å². The molecule has 242 valence electrons. The Kier molecular flexibility index (Phi) is 6.89. The van der Waals surface area contributed by atoms with Gasteiger partial charge in [0.1, 0.15) is 8.07 Å². The monoisotopic (exact) mass is 685 g/mol. The van der Waals surface area contributed by atoms with Crippen LogP contribution in [0.5, 0.6) is 0 Å². The Bertz CT molecular complexity index is 2780. The van der Waals surface area contributed by atoms with Gasteiger partial charge in [0.15, 0.2) is 0 Å². The Labute approximate surface area is 303 Å². The average Bonchev–Trinajstić information content (AvgIpc) is 3.67. The van der Waals surface area contributed by atoms with Crippen molar-refractivity contribution < 1.29 is 0 Å². The fourth-order valence-electron chi connectivity index (χ4n) is 8.26. The fourth-order valence-corrected chi connectivity index (χ4v) is 12.7. The predicted molar refractivity (Wildman–Crippen MR) is 225 cm³/mol. The lowest BCUT2D eigenvalue weighted by atomic mass is 9.98. The summed E-state index contributed by atoms with van der Waals surface area (Å²) in [6.07, 6.45) is 0. The number of nitrogens with zero attached hydrogens (tertiary/aromatic N) is 1. The molecule has 0 amide bonds. The predicted octanol–water partition coefficient (Wildman–Crippen LogP) is 12.8. The van der Waals surface area contributed by atoms with Crippen molar-refractivity contribution in [2.75, 3.05) is 4.90 Å². The Balaban J connectivity index is 1.17. The number of para-hydroxylation sites is 1. The highest BCUT2D eigenvalue weighted by Crippen LogP contribution is 2.45. The van der Waals surface area contributed by atoms with Crippen LogP contribution in [0.15, 0.2) is 176 Å². The number of anilines is 3. The second-order valence-electron chi connectivity index (χ2n) is 14.1. The maximum absolute atomic E-state index is 2.53. The molecule has 2 heterocycles. The molecule has 51 heavy (non-hydrogen) atoms. The van der Waals surface area contributed by atoms with E-state index in [0.717, 1.165) is 5.69 Å². The molecule has 0 aliphatic carbocycles. The quantitative estimate of drug-likeness (QED) is 0.163. The summed E-state index contributed by atoms with van der Waals surface area (Å²) in [5.41, 5.74) is 11.2. The van der Waals surface area contributed by atoms with E-state index in [1.54, 1.807) is 5.19 Å². The molecule has 0 N–H and O–H groups in total. The molecule has 0 radical (unpaired) electrons. The van der Waals surface area contributed by atoms with E-state index in [1.165, 1.54) is 80.9 Å². The van der Waals surface area contributed by atoms with Crippen molar-refractivity contribution in [1.29, 1.82) is 0 Å². The van der Waals surface area contributed by atoms with Crippen LogP contribution in [0.2, 0.25) is 13.1 Å². The first kappa shape index (κ1) is 30.1. The third-order valence-corrected chi connectivity index (χ3v) is 15.6. The van der Waals surface area contributed by atoms with Crippen LogP contribution < -0.4 is 15.3 Å². The first-order valence-electron chi connectivity index (χ1n) is 17.7. The molecule has 1 nitrogen and oxygen atoms in total. The Morgan fingerprint density at radius 3 is 2.00 bits per heavy atom. The van der Waals surface area contributed by atoms with E-state index in [9.17, 15) is 0 Å². The van der Waals surface area contributed by atoms with E-state index >= 15 is 0 Å². The van der Waals surface area contributed by atoms with Gasteiger partial charge in [-0.2, -0.15) is 0 Å². The van der Waals surface area contributed by atoms with Gasteiger partial charge in [-0.25, -0.2) is 0 Å². The molecule has 1 aromatic heterocycles. The van der Waals surface area contributed by atoms with E-state index in [0.29, 0.717) is 0 Å². The van der Waals surface area contributed by atoms with Gasteiger partial charge < -0.3 is 4.90 Å². The van der Waals surface area contributed by atoms with Crippen molar-refractivity contribution in [3.63, 3.8) is 0 Å². The van der Waals surface area contributed by atoms with Gasteiger partial charge in [-0.1, -0.05) is 147 Å². The van der Waals surface area contributed by atoms with Crippen LogP contribution in [0.1, 0.15) is 0 Å². The molecule has 0 fully saturated rings. The lowest BCUT2D eigenvalue weighted by Gasteiger charge is -2.29. The minimum absolute atomic E-state index is 1.14. The summed E-state index contributed by atoms with van der Waals surface area (Å²) in [5, 5.41) is 8.29. The second kappa shape index (κ2) is 11.7. The van der Waals surface area contributed by atoms with Crippen molar-refractivity contribution in [1.82, 2.24) is 0 Å². The van der Waals surface area contributed by atoms with Gasteiger partial charge in [-0.3, -0.25) is 0 Å². The number of benzene rings is 8. The minimum Gasteiger partial charge on any atom is -0.310 e. The Hall–Kier alpha value is -5.74. The fraction of sp³-hybridized carbons (Fsp3) is 0.0417.